The number of rotatable bonds is 8. The molecule has 176 valence electrons. The van der Waals surface area contributed by atoms with E-state index < -0.39 is 17.8 Å². The van der Waals surface area contributed by atoms with Crippen molar-refractivity contribution in [3.05, 3.63) is 41.0 Å². The highest BCUT2D eigenvalue weighted by molar-refractivity contribution is 5.89. The predicted molar refractivity (Wildman–Crippen MR) is 113 cm³/mol. The first-order valence-corrected chi connectivity index (χ1v) is 10.1. The average Bonchev–Trinajstić information content (AvgIpc) is 2.78. The average molecular weight is 464 g/mol. The van der Waals surface area contributed by atoms with Crippen LogP contribution in [0.1, 0.15) is 16.7 Å². The van der Waals surface area contributed by atoms with Crippen LogP contribution in [-0.2, 0) is 22.1 Å². The third-order valence-corrected chi connectivity index (χ3v) is 5.08. The van der Waals surface area contributed by atoms with Crippen LogP contribution in [0, 0.1) is 11.3 Å². The number of nitrogens with two attached hydrogens (primary N) is 1. The van der Waals surface area contributed by atoms with Crippen molar-refractivity contribution in [3.8, 4) is 11.9 Å². The molecule has 2 aromatic rings. The quantitative estimate of drug-likeness (QED) is 0.602. The van der Waals surface area contributed by atoms with Crippen molar-refractivity contribution in [2.75, 3.05) is 51.0 Å². The molecule has 33 heavy (non-hydrogen) atoms. The van der Waals surface area contributed by atoms with Crippen LogP contribution < -0.4 is 15.8 Å². The molecule has 9 nitrogen and oxygen atoms in total. The van der Waals surface area contributed by atoms with E-state index in [1.54, 1.807) is 0 Å². The second kappa shape index (κ2) is 10.5. The van der Waals surface area contributed by atoms with Gasteiger partial charge in [-0.05, 0) is 11.6 Å². The fourth-order valence-electron chi connectivity index (χ4n) is 3.43. The van der Waals surface area contributed by atoms with Gasteiger partial charge in [-0.2, -0.15) is 28.4 Å². The van der Waals surface area contributed by atoms with Crippen LogP contribution in [0.25, 0.3) is 0 Å². The lowest BCUT2D eigenvalue weighted by molar-refractivity contribution is -0.137. The third kappa shape index (κ3) is 6.30. The fourth-order valence-corrected chi connectivity index (χ4v) is 3.43. The maximum absolute atomic E-state index is 13.2. The number of morpholine rings is 1. The molecule has 1 aromatic heterocycles. The predicted octanol–water partition coefficient (Wildman–Crippen LogP) is 1.88. The lowest BCUT2D eigenvalue weighted by atomic mass is 10.0. The van der Waals surface area contributed by atoms with Crippen LogP contribution in [0.4, 0.5) is 24.9 Å². The Morgan fingerprint density at radius 3 is 2.73 bits per heavy atom. The van der Waals surface area contributed by atoms with Crippen LogP contribution in [0.5, 0.6) is 5.88 Å². The van der Waals surface area contributed by atoms with Gasteiger partial charge in [0.25, 0.3) is 0 Å². The number of halogens is 3. The summed E-state index contributed by atoms with van der Waals surface area (Å²) in [6.45, 7) is 2.38. The molecular weight excluding hydrogens is 441 g/mol. The molecule has 1 aliphatic heterocycles. The first kappa shape index (κ1) is 24.2. The summed E-state index contributed by atoms with van der Waals surface area (Å²) in [7, 11) is 1.32. The van der Waals surface area contributed by atoms with Crippen LogP contribution in [0.15, 0.2) is 24.3 Å². The van der Waals surface area contributed by atoms with Gasteiger partial charge in [0.15, 0.2) is 17.2 Å². The number of carbonyl (C=O) groups is 1. The number of nitrogens with one attached hydrogen (secondary N) is 1. The van der Waals surface area contributed by atoms with E-state index in [4.69, 9.17) is 15.2 Å². The minimum Gasteiger partial charge on any atom is -0.480 e. The van der Waals surface area contributed by atoms with Crippen molar-refractivity contribution in [3.63, 3.8) is 0 Å². The van der Waals surface area contributed by atoms with Gasteiger partial charge in [0, 0.05) is 26.1 Å². The lowest BCUT2D eigenvalue weighted by Gasteiger charge is -2.30. The lowest BCUT2D eigenvalue weighted by Crippen LogP contribution is -2.47. The molecule has 1 fully saturated rings. The van der Waals surface area contributed by atoms with E-state index in [0.29, 0.717) is 26.3 Å². The van der Waals surface area contributed by atoms with Crippen molar-refractivity contribution in [2.45, 2.75) is 18.6 Å². The molecule has 0 spiro atoms. The van der Waals surface area contributed by atoms with E-state index >= 15 is 0 Å². The summed E-state index contributed by atoms with van der Waals surface area (Å²) in [5, 5.41) is 12.5. The summed E-state index contributed by atoms with van der Waals surface area (Å²) in [5.41, 5.74) is 5.07. The molecule has 0 amide bonds. The number of nitrogens with zero attached hydrogens (tertiary/aromatic N) is 4. The number of nitriles is 1. The Hall–Kier alpha value is -3.43. The number of aromatic nitrogens is 2. The number of methoxy groups -OCH3 is 1. The van der Waals surface area contributed by atoms with Crippen molar-refractivity contribution >= 4 is 17.5 Å². The first-order chi connectivity index (χ1) is 15.7. The van der Waals surface area contributed by atoms with Gasteiger partial charge in [-0.15, -0.1) is 0 Å². The monoisotopic (exact) mass is 464 g/mol. The van der Waals surface area contributed by atoms with E-state index in [1.807, 2.05) is 11.0 Å². The smallest absolute Gasteiger partial charge is 0.416 e. The first-order valence-electron chi connectivity index (χ1n) is 10.1. The Kier molecular flexibility index (Phi) is 7.67. The molecule has 1 atom stereocenters. The van der Waals surface area contributed by atoms with Crippen molar-refractivity contribution in [1.29, 1.82) is 5.26 Å². The molecule has 0 bridgehead atoms. The number of hydrogen-bond donors (Lipinski definition) is 2. The summed E-state index contributed by atoms with van der Waals surface area (Å²) in [6.07, 6.45) is -4.76. The van der Waals surface area contributed by atoms with Gasteiger partial charge in [0.05, 0.1) is 31.9 Å². The molecule has 3 N–H and O–H groups in total. The van der Waals surface area contributed by atoms with Gasteiger partial charge >= 0.3 is 6.18 Å². The highest BCUT2D eigenvalue weighted by Gasteiger charge is 2.31. The van der Waals surface area contributed by atoms with Crippen molar-refractivity contribution in [2.24, 2.45) is 0 Å². The Balaban J connectivity index is 1.88. The Morgan fingerprint density at radius 1 is 1.36 bits per heavy atom. The minimum atomic E-state index is -4.51. The third-order valence-electron chi connectivity index (χ3n) is 5.08. The summed E-state index contributed by atoms with van der Waals surface area (Å²) in [5.74, 6) is -0.579. The number of hydrogen-bond acceptors (Lipinski definition) is 9. The van der Waals surface area contributed by atoms with Crippen LogP contribution >= 0.6 is 0 Å². The highest BCUT2D eigenvalue weighted by Crippen LogP contribution is 2.30. The van der Waals surface area contributed by atoms with Crippen molar-refractivity contribution in [1.82, 2.24) is 14.9 Å². The molecule has 2 heterocycles. The van der Waals surface area contributed by atoms with Crippen LogP contribution in [-0.4, -0.2) is 66.7 Å². The van der Waals surface area contributed by atoms with E-state index in [2.05, 4.69) is 15.3 Å². The SMILES string of the molecule is COc1nc(N)nc(N[C@@H](CN2CCOCC2)C(=O)Cc2cccc(C(F)(F)F)c2)c1C#N. The molecule has 0 saturated carbocycles. The zero-order valence-electron chi connectivity index (χ0n) is 17.9. The Bertz CT molecular complexity index is 1030. The molecule has 1 aromatic carbocycles. The Labute approximate surface area is 188 Å². The molecule has 0 aliphatic carbocycles. The number of ketones is 1. The summed E-state index contributed by atoms with van der Waals surface area (Å²) < 4.78 is 49.6. The molecular formula is C21H23F3N6O3. The van der Waals surface area contributed by atoms with Crippen LogP contribution in [0.3, 0.4) is 0 Å². The molecule has 1 aliphatic rings. The number of anilines is 2. The van der Waals surface area contributed by atoms with Gasteiger partial charge in [-0.1, -0.05) is 18.2 Å². The zero-order chi connectivity index (χ0) is 24.0. The number of carbonyl (C=O) groups excluding carboxylic acids is 1. The maximum atomic E-state index is 13.2. The molecule has 0 unspecified atom stereocenters. The molecule has 0 radical (unpaired) electrons. The molecule has 3 rings (SSSR count). The molecule has 12 heteroatoms. The number of Topliss-reactive ketones (excluding diaryl/α,β-unsaturated/α-hetero) is 1. The second-order valence-electron chi connectivity index (χ2n) is 7.38. The normalized spacial score (nSPS) is 15.5. The number of ether oxygens (including phenoxy) is 2. The van der Waals surface area contributed by atoms with Gasteiger partial charge in [0.1, 0.15) is 6.07 Å². The summed E-state index contributed by atoms with van der Waals surface area (Å²) in [4.78, 5) is 23.1. The van der Waals surface area contributed by atoms with E-state index in [0.717, 1.165) is 12.1 Å². The van der Waals surface area contributed by atoms with Gasteiger partial charge in [-0.3, -0.25) is 9.69 Å². The topological polar surface area (TPSA) is 126 Å². The zero-order valence-corrected chi connectivity index (χ0v) is 17.9. The summed E-state index contributed by atoms with van der Waals surface area (Å²) >= 11 is 0. The second-order valence-corrected chi connectivity index (χ2v) is 7.38. The Morgan fingerprint density at radius 2 is 2.09 bits per heavy atom. The maximum Gasteiger partial charge on any atom is 0.416 e. The number of benzene rings is 1. The highest BCUT2D eigenvalue weighted by atomic mass is 19.4. The van der Waals surface area contributed by atoms with Gasteiger partial charge in [-0.25, -0.2) is 0 Å². The van der Waals surface area contributed by atoms with Gasteiger partial charge in [0.2, 0.25) is 11.8 Å². The molecule has 1 saturated heterocycles. The van der Waals surface area contributed by atoms with E-state index in [1.165, 1.54) is 19.2 Å². The fraction of sp³-hybridized carbons (Fsp3) is 0.429. The number of nitrogen functional groups attached to an aromatic ring is 1. The number of alkyl halides is 3. The van der Waals surface area contributed by atoms with E-state index in [9.17, 15) is 23.2 Å². The van der Waals surface area contributed by atoms with Gasteiger partial charge < -0.3 is 20.5 Å². The van der Waals surface area contributed by atoms with E-state index in [-0.39, 0.29) is 47.5 Å². The largest absolute Gasteiger partial charge is 0.480 e. The summed E-state index contributed by atoms with van der Waals surface area (Å²) in [6, 6.07) is 5.67. The van der Waals surface area contributed by atoms with Crippen LogP contribution in [0.2, 0.25) is 0 Å². The minimum absolute atomic E-state index is 0.0116. The standard InChI is InChI=1S/C21H23F3N6O3/c1-32-19-15(11-25)18(28-20(26)29-19)27-16(12-30-5-7-33-8-6-30)17(31)10-13-3-2-4-14(9-13)21(22,23)24/h2-4,9,16H,5-8,10,12H2,1H3,(H3,26,27,28,29)/t16-/m0/s1. The van der Waals surface area contributed by atoms with Crippen molar-refractivity contribution < 1.29 is 27.4 Å².